The lowest BCUT2D eigenvalue weighted by atomic mass is 10.0. The number of carboxylic acids is 1. The SMILES string of the molecule is CCn1cc(C(=O)N2CC(C(=O)O)c3ccccc32)cn1. The third-order valence-electron chi connectivity index (χ3n) is 3.72. The molecule has 0 saturated carbocycles. The lowest BCUT2D eigenvalue weighted by molar-refractivity contribution is -0.138. The van der Waals surface area contributed by atoms with E-state index in [-0.39, 0.29) is 12.5 Å². The molecule has 1 aromatic carbocycles. The van der Waals surface area contributed by atoms with Gasteiger partial charge in [-0.15, -0.1) is 0 Å². The first-order valence-corrected chi connectivity index (χ1v) is 6.78. The van der Waals surface area contributed by atoms with Gasteiger partial charge in [-0.1, -0.05) is 18.2 Å². The van der Waals surface area contributed by atoms with Crippen LogP contribution < -0.4 is 4.90 Å². The van der Waals surface area contributed by atoms with Gasteiger partial charge in [0, 0.05) is 25.0 Å². The first-order chi connectivity index (χ1) is 10.1. The minimum atomic E-state index is -0.915. The zero-order valence-electron chi connectivity index (χ0n) is 11.6. The molecular formula is C15H15N3O3. The number of fused-ring (bicyclic) bond motifs is 1. The number of amides is 1. The molecular weight excluding hydrogens is 270 g/mol. The van der Waals surface area contributed by atoms with Crippen molar-refractivity contribution in [2.45, 2.75) is 19.4 Å². The monoisotopic (exact) mass is 285 g/mol. The Balaban J connectivity index is 1.96. The van der Waals surface area contributed by atoms with Crippen molar-refractivity contribution < 1.29 is 14.7 Å². The Morgan fingerprint density at radius 3 is 2.81 bits per heavy atom. The van der Waals surface area contributed by atoms with Gasteiger partial charge in [0.1, 0.15) is 5.92 Å². The number of benzene rings is 1. The van der Waals surface area contributed by atoms with Gasteiger partial charge in [0.25, 0.3) is 5.91 Å². The summed E-state index contributed by atoms with van der Waals surface area (Å²) in [6.45, 7) is 2.78. The van der Waals surface area contributed by atoms with Crippen LogP contribution in [-0.4, -0.2) is 33.3 Å². The fourth-order valence-electron chi connectivity index (χ4n) is 2.61. The molecule has 21 heavy (non-hydrogen) atoms. The van der Waals surface area contributed by atoms with Crippen molar-refractivity contribution in [3.05, 3.63) is 47.8 Å². The average molecular weight is 285 g/mol. The Kier molecular flexibility index (Phi) is 3.21. The molecule has 0 aliphatic carbocycles. The summed E-state index contributed by atoms with van der Waals surface area (Å²) in [4.78, 5) is 25.5. The molecule has 2 aromatic rings. The minimum Gasteiger partial charge on any atom is -0.481 e. The van der Waals surface area contributed by atoms with Gasteiger partial charge in [0.15, 0.2) is 0 Å². The fourth-order valence-corrected chi connectivity index (χ4v) is 2.61. The molecule has 1 aliphatic rings. The molecule has 6 nitrogen and oxygen atoms in total. The van der Waals surface area contributed by atoms with Crippen LogP contribution in [0.4, 0.5) is 5.69 Å². The molecule has 0 radical (unpaired) electrons. The van der Waals surface area contributed by atoms with E-state index < -0.39 is 11.9 Å². The Bertz CT molecular complexity index is 708. The second-order valence-corrected chi connectivity index (χ2v) is 4.95. The Labute approximate surface area is 121 Å². The molecule has 108 valence electrons. The van der Waals surface area contributed by atoms with Gasteiger partial charge in [-0.2, -0.15) is 5.10 Å². The second kappa shape index (κ2) is 5.05. The molecule has 1 unspecified atom stereocenters. The first-order valence-electron chi connectivity index (χ1n) is 6.78. The minimum absolute atomic E-state index is 0.158. The molecule has 2 heterocycles. The lowest BCUT2D eigenvalue weighted by Crippen LogP contribution is -2.31. The lowest BCUT2D eigenvalue weighted by Gasteiger charge is -2.16. The largest absolute Gasteiger partial charge is 0.481 e. The van der Waals surface area contributed by atoms with Crippen LogP contribution in [-0.2, 0) is 11.3 Å². The summed E-state index contributed by atoms with van der Waals surface area (Å²) in [7, 11) is 0. The van der Waals surface area contributed by atoms with E-state index in [0.717, 1.165) is 0 Å². The van der Waals surface area contributed by atoms with E-state index in [1.807, 2.05) is 6.92 Å². The van der Waals surface area contributed by atoms with Gasteiger partial charge in [-0.25, -0.2) is 0 Å². The van der Waals surface area contributed by atoms with Crippen molar-refractivity contribution in [1.82, 2.24) is 9.78 Å². The maximum absolute atomic E-state index is 12.6. The number of anilines is 1. The van der Waals surface area contributed by atoms with E-state index >= 15 is 0 Å². The normalized spacial score (nSPS) is 16.8. The topological polar surface area (TPSA) is 75.4 Å². The summed E-state index contributed by atoms with van der Waals surface area (Å²) >= 11 is 0. The highest BCUT2D eigenvalue weighted by molar-refractivity contribution is 6.08. The molecule has 1 amide bonds. The highest BCUT2D eigenvalue weighted by Gasteiger charge is 2.36. The van der Waals surface area contributed by atoms with Crippen molar-refractivity contribution in [3.63, 3.8) is 0 Å². The Hall–Kier alpha value is -2.63. The number of aliphatic carboxylic acids is 1. The van der Waals surface area contributed by atoms with Crippen molar-refractivity contribution in [1.29, 1.82) is 0 Å². The second-order valence-electron chi connectivity index (χ2n) is 4.95. The van der Waals surface area contributed by atoms with E-state index in [4.69, 9.17) is 0 Å². The molecule has 1 aromatic heterocycles. The number of para-hydroxylation sites is 1. The zero-order chi connectivity index (χ0) is 15.0. The van der Waals surface area contributed by atoms with Crippen LogP contribution in [0.2, 0.25) is 0 Å². The van der Waals surface area contributed by atoms with Gasteiger partial charge in [0.05, 0.1) is 11.8 Å². The smallest absolute Gasteiger partial charge is 0.312 e. The summed E-state index contributed by atoms with van der Waals surface area (Å²) in [5.74, 6) is -1.81. The van der Waals surface area contributed by atoms with Gasteiger partial charge in [-0.3, -0.25) is 14.3 Å². The molecule has 0 fully saturated rings. The quantitative estimate of drug-likeness (QED) is 0.932. The van der Waals surface area contributed by atoms with Crippen molar-refractivity contribution >= 4 is 17.6 Å². The van der Waals surface area contributed by atoms with Crippen molar-refractivity contribution in [3.8, 4) is 0 Å². The highest BCUT2D eigenvalue weighted by Crippen LogP contribution is 2.36. The predicted octanol–water partition coefficient (Wildman–Crippen LogP) is 1.73. The summed E-state index contributed by atoms with van der Waals surface area (Å²) in [5.41, 5.74) is 1.82. The number of nitrogens with zero attached hydrogens (tertiary/aromatic N) is 3. The number of carbonyl (C=O) groups excluding carboxylic acids is 1. The highest BCUT2D eigenvalue weighted by atomic mass is 16.4. The Morgan fingerprint density at radius 1 is 1.38 bits per heavy atom. The molecule has 0 spiro atoms. The predicted molar refractivity (Wildman–Crippen MR) is 76.4 cm³/mol. The van der Waals surface area contributed by atoms with E-state index in [9.17, 15) is 14.7 Å². The van der Waals surface area contributed by atoms with Crippen molar-refractivity contribution in [2.75, 3.05) is 11.4 Å². The van der Waals surface area contributed by atoms with Gasteiger partial charge in [0.2, 0.25) is 0 Å². The van der Waals surface area contributed by atoms with Crippen LogP contribution in [0, 0.1) is 0 Å². The number of carboxylic acid groups (broad SMARTS) is 1. The molecule has 1 aliphatic heterocycles. The summed E-state index contributed by atoms with van der Waals surface area (Å²) in [5, 5.41) is 13.4. The summed E-state index contributed by atoms with van der Waals surface area (Å²) in [6.07, 6.45) is 3.20. The fraction of sp³-hybridized carbons (Fsp3) is 0.267. The van der Waals surface area contributed by atoms with Crippen LogP contribution in [0.1, 0.15) is 28.8 Å². The third kappa shape index (κ3) is 2.18. The van der Waals surface area contributed by atoms with Crippen LogP contribution >= 0.6 is 0 Å². The van der Waals surface area contributed by atoms with Crippen LogP contribution in [0.15, 0.2) is 36.7 Å². The van der Waals surface area contributed by atoms with Gasteiger partial charge < -0.3 is 10.0 Å². The zero-order valence-corrected chi connectivity index (χ0v) is 11.6. The molecule has 6 heteroatoms. The van der Waals surface area contributed by atoms with Gasteiger partial charge in [-0.05, 0) is 18.6 Å². The third-order valence-corrected chi connectivity index (χ3v) is 3.72. The summed E-state index contributed by atoms with van der Waals surface area (Å²) < 4.78 is 1.67. The number of rotatable bonds is 3. The van der Waals surface area contributed by atoms with E-state index in [1.54, 1.807) is 35.1 Å². The maximum Gasteiger partial charge on any atom is 0.312 e. The first kappa shape index (κ1) is 13.4. The number of aromatic nitrogens is 2. The number of hydrogen-bond donors (Lipinski definition) is 1. The maximum atomic E-state index is 12.6. The Morgan fingerprint density at radius 2 is 2.14 bits per heavy atom. The van der Waals surface area contributed by atoms with Crippen LogP contribution in [0.5, 0.6) is 0 Å². The standard InChI is InChI=1S/C15H15N3O3/c1-2-17-8-10(7-16-17)14(19)18-9-12(15(20)21)11-5-3-4-6-13(11)18/h3-8,12H,2,9H2,1H3,(H,20,21). The number of carbonyl (C=O) groups is 2. The molecule has 1 atom stereocenters. The molecule has 0 saturated heterocycles. The molecule has 0 bridgehead atoms. The van der Waals surface area contributed by atoms with Gasteiger partial charge >= 0.3 is 5.97 Å². The van der Waals surface area contributed by atoms with E-state index in [1.165, 1.54) is 11.1 Å². The number of hydrogen-bond acceptors (Lipinski definition) is 3. The number of aryl methyl sites for hydroxylation is 1. The van der Waals surface area contributed by atoms with E-state index in [2.05, 4.69) is 5.10 Å². The van der Waals surface area contributed by atoms with E-state index in [0.29, 0.717) is 23.4 Å². The molecule has 1 N–H and O–H groups in total. The average Bonchev–Trinajstić information content (AvgIpc) is 3.11. The summed E-state index contributed by atoms with van der Waals surface area (Å²) in [6, 6.07) is 7.13. The van der Waals surface area contributed by atoms with Crippen molar-refractivity contribution in [2.24, 2.45) is 0 Å². The molecule has 3 rings (SSSR count). The van der Waals surface area contributed by atoms with Crippen LogP contribution in [0.25, 0.3) is 0 Å². The van der Waals surface area contributed by atoms with Crippen LogP contribution in [0.3, 0.4) is 0 Å².